The average Bonchev–Trinajstić information content (AvgIpc) is 2.72. The van der Waals surface area contributed by atoms with Crippen LogP contribution in [0.3, 0.4) is 0 Å². The number of nitrogens with one attached hydrogen (secondary N) is 1. The highest BCUT2D eigenvalue weighted by atomic mass is 79.9. The molecule has 0 aliphatic rings. The zero-order valence-corrected chi connectivity index (χ0v) is 11.8. The minimum absolute atomic E-state index is 0.149. The second-order valence-corrected chi connectivity index (χ2v) is 6.35. The predicted molar refractivity (Wildman–Crippen MR) is 73.9 cm³/mol. The van der Waals surface area contributed by atoms with E-state index in [-0.39, 0.29) is 11.9 Å². The highest BCUT2D eigenvalue weighted by Crippen LogP contribution is 2.27. The van der Waals surface area contributed by atoms with Crippen molar-refractivity contribution in [3.63, 3.8) is 0 Å². The Morgan fingerprint density at radius 1 is 1.35 bits per heavy atom. The van der Waals surface area contributed by atoms with E-state index in [1.807, 2.05) is 19.2 Å². The van der Waals surface area contributed by atoms with Crippen molar-refractivity contribution in [2.24, 2.45) is 0 Å². The van der Waals surface area contributed by atoms with Gasteiger partial charge in [-0.05, 0) is 52.8 Å². The number of likely N-dealkylation sites (N-methyl/N-ethyl adjacent to an activating group) is 1. The number of hydrogen-bond donors (Lipinski definition) is 1. The van der Waals surface area contributed by atoms with Crippen LogP contribution in [0.2, 0.25) is 0 Å². The van der Waals surface area contributed by atoms with Gasteiger partial charge < -0.3 is 5.32 Å². The van der Waals surface area contributed by atoms with Gasteiger partial charge in [-0.25, -0.2) is 4.39 Å². The summed E-state index contributed by atoms with van der Waals surface area (Å²) in [6, 6.07) is 11.0. The van der Waals surface area contributed by atoms with E-state index in [4.69, 9.17) is 0 Å². The third-order valence-electron chi connectivity index (χ3n) is 2.63. The molecule has 0 amide bonds. The smallest absolute Gasteiger partial charge is 0.123 e. The number of benzene rings is 1. The SMILES string of the molecule is CNC(Cc1ccc(Br)s1)c1cccc(F)c1. The predicted octanol–water partition coefficient (Wildman–Crippen LogP) is 4.15. The van der Waals surface area contributed by atoms with Crippen LogP contribution in [0.4, 0.5) is 4.39 Å². The van der Waals surface area contributed by atoms with E-state index in [1.54, 1.807) is 23.5 Å². The van der Waals surface area contributed by atoms with Crippen LogP contribution in [0.25, 0.3) is 0 Å². The summed E-state index contributed by atoms with van der Waals surface area (Å²) >= 11 is 5.16. The Kier molecular flexibility index (Phi) is 4.31. The van der Waals surface area contributed by atoms with E-state index in [0.717, 1.165) is 15.8 Å². The molecule has 0 bridgehead atoms. The summed E-state index contributed by atoms with van der Waals surface area (Å²) in [7, 11) is 1.90. The van der Waals surface area contributed by atoms with Crippen molar-refractivity contribution < 1.29 is 4.39 Å². The summed E-state index contributed by atoms with van der Waals surface area (Å²) in [4.78, 5) is 1.28. The lowest BCUT2D eigenvalue weighted by molar-refractivity contribution is 0.580. The lowest BCUT2D eigenvalue weighted by atomic mass is 10.0. The Morgan fingerprint density at radius 2 is 2.18 bits per heavy atom. The number of thiophene rings is 1. The largest absolute Gasteiger partial charge is 0.313 e. The summed E-state index contributed by atoms with van der Waals surface area (Å²) in [5.41, 5.74) is 0.983. The summed E-state index contributed by atoms with van der Waals surface area (Å²) in [5.74, 6) is -0.185. The quantitative estimate of drug-likeness (QED) is 0.894. The summed E-state index contributed by atoms with van der Waals surface area (Å²) < 4.78 is 14.3. The van der Waals surface area contributed by atoms with Crippen molar-refractivity contribution in [2.45, 2.75) is 12.5 Å². The standard InChI is InChI=1S/C13H13BrFNS/c1-16-12(8-11-5-6-13(14)17-11)9-3-2-4-10(15)7-9/h2-7,12,16H,8H2,1H3. The van der Waals surface area contributed by atoms with Crippen molar-refractivity contribution >= 4 is 27.3 Å². The molecule has 4 heteroatoms. The van der Waals surface area contributed by atoms with Gasteiger partial charge in [0.1, 0.15) is 5.82 Å². The van der Waals surface area contributed by atoms with Crippen molar-refractivity contribution in [3.05, 3.63) is 56.4 Å². The minimum atomic E-state index is -0.185. The first kappa shape index (κ1) is 12.7. The molecule has 17 heavy (non-hydrogen) atoms. The van der Waals surface area contributed by atoms with Gasteiger partial charge in [0.05, 0.1) is 3.79 Å². The Labute approximate surface area is 113 Å². The van der Waals surface area contributed by atoms with E-state index in [2.05, 4.69) is 27.3 Å². The lowest BCUT2D eigenvalue weighted by Crippen LogP contribution is -2.18. The molecule has 2 rings (SSSR count). The van der Waals surface area contributed by atoms with Crippen molar-refractivity contribution in [3.8, 4) is 0 Å². The third kappa shape index (κ3) is 3.37. The molecular weight excluding hydrogens is 301 g/mol. The molecule has 0 fully saturated rings. The second kappa shape index (κ2) is 5.76. The molecule has 1 atom stereocenters. The first-order valence-corrected chi connectivity index (χ1v) is 6.97. The molecular formula is C13H13BrFNS. The highest BCUT2D eigenvalue weighted by molar-refractivity contribution is 9.11. The van der Waals surface area contributed by atoms with Gasteiger partial charge in [-0.1, -0.05) is 12.1 Å². The molecule has 1 unspecified atom stereocenters. The molecule has 0 saturated heterocycles. The Hall–Kier alpha value is -0.710. The third-order valence-corrected chi connectivity index (χ3v) is 4.28. The first-order chi connectivity index (χ1) is 8.19. The highest BCUT2D eigenvalue weighted by Gasteiger charge is 2.11. The minimum Gasteiger partial charge on any atom is -0.313 e. The fraction of sp³-hybridized carbons (Fsp3) is 0.231. The number of halogens is 2. The van der Waals surface area contributed by atoms with Crippen LogP contribution < -0.4 is 5.32 Å². The molecule has 1 aromatic carbocycles. The van der Waals surface area contributed by atoms with Gasteiger partial charge >= 0.3 is 0 Å². The van der Waals surface area contributed by atoms with Crippen LogP contribution >= 0.6 is 27.3 Å². The van der Waals surface area contributed by atoms with Crippen LogP contribution in [0.15, 0.2) is 40.2 Å². The molecule has 0 radical (unpaired) electrons. The van der Waals surface area contributed by atoms with E-state index < -0.39 is 0 Å². The van der Waals surface area contributed by atoms with Crippen LogP contribution in [0, 0.1) is 5.82 Å². The molecule has 2 aromatic rings. The van der Waals surface area contributed by atoms with Crippen LogP contribution in [0.1, 0.15) is 16.5 Å². The zero-order chi connectivity index (χ0) is 12.3. The molecule has 0 spiro atoms. The van der Waals surface area contributed by atoms with Crippen LogP contribution in [-0.2, 0) is 6.42 Å². The van der Waals surface area contributed by atoms with E-state index in [1.165, 1.54) is 10.9 Å². The zero-order valence-electron chi connectivity index (χ0n) is 9.41. The molecule has 0 saturated carbocycles. The fourth-order valence-electron chi connectivity index (χ4n) is 1.77. The van der Waals surface area contributed by atoms with Gasteiger partial charge in [-0.3, -0.25) is 0 Å². The van der Waals surface area contributed by atoms with Gasteiger partial charge in [0, 0.05) is 17.3 Å². The molecule has 1 nitrogen and oxygen atoms in total. The first-order valence-electron chi connectivity index (χ1n) is 5.36. The van der Waals surface area contributed by atoms with E-state index >= 15 is 0 Å². The topological polar surface area (TPSA) is 12.0 Å². The Balaban J connectivity index is 2.16. The monoisotopic (exact) mass is 313 g/mol. The van der Waals surface area contributed by atoms with Gasteiger partial charge in [-0.15, -0.1) is 11.3 Å². The summed E-state index contributed by atoms with van der Waals surface area (Å²) in [5, 5.41) is 3.23. The second-order valence-electron chi connectivity index (χ2n) is 3.81. The van der Waals surface area contributed by atoms with Crippen molar-refractivity contribution in [2.75, 3.05) is 7.05 Å². The van der Waals surface area contributed by atoms with E-state index in [0.29, 0.717) is 0 Å². The van der Waals surface area contributed by atoms with Crippen molar-refractivity contribution in [1.82, 2.24) is 5.32 Å². The molecule has 90 valence electrons. The lowest BCUT2D eigenvalue weighted by Gasteiger charge is -2.15. The van der Waals surface area contributed by atoms with Gasteiger partial charge in [0.25, 0.3) is 0 Å². The van der Waals surface area contributed by atoms with Crippen LogP contribution in [-0.4, -0.2) is 7.05 Å². The van der Waals surface area contributed by atoms with E-state index in [9.17, 15) is 4.39 Å². The van der Waals surface area contributed by atoms with Crippen LogP contribution in [0.5, 0.6) is 0 Å². The fourth-order valence-corrected chi connectivity index (χ4v) is 3.30. The van der Waals surface area contributed by atoms with Gasteiger partial charge in [0.2, 0.25) is 0 Å². The van der Waals surface area contributed by atoms with Gasteiger partial charge in [-0.2, -0.15) is 0 Å². The maximum absolute atomic E-state index is 13.2. The molecule has 0 aliphatic heterocycles. The Morgan fingerprint density at radius 3 is 2.76 bits per heavy atom. The molecule has 1 heterocycles. The molecule has 1 aromatic heterocycles. The maximum atomic E-state index is 13.2. The molecule has 0 aliphatic carbocycles. The number of rotatable bonds is 4. The van der Waals surface area contributed by atoms with Crippen molar-refractivity contribution in [1.29, 1.82) is 0 Å². The van der Waals surface area contributed by atoms with Gasteiger partial charge in [0.15, 0.2) is 0 Å². The normalized spacial score (nSPS) is 12.6. The summed E-state index contributed by atoms with van der Waals surface area (Å²) in [6.45, 7) is 0. The summed E-state index contributed by atoms with van der Waals surface area (Å²) in [6.07, 6.45) is 0.871. The number of hydrogen-bond acceptors (Lipinski definition) is 2. The average molecular weight is 314 g/mol. The Bertz CT molecular complexity index is 498. The maximum Gasteiger partial charge on any atom is 0.123 e. The molecule has 1 N–H and O–H groups in total.